The van der Waals surface area contributed by atoms with Crippen LogP contribution in [0.2, 0.25) is 10.0 Å². The van der Waals surface area contributed by atoms with Crippen LogP contribution in [0.1, 0.15) is 27.2 Å². The highest BCUT2D eigenvalue weighted by molar-refractivity contribution is 6.32. The van der Waals surface area contributed by atoms with Crippen molar-refractivity contribution in [3.8, 4) is 17.2 Å². The third-order valence-corrected chi connectivity index (χ3v) is 5.81. The molecule has 1 heterocycles. The molecule has 4 aromatic rings. The van der Waals surface area contributed by atoms with Gasteiger partial charge in [0.15, 0.2) is 0 Å². The summed E-state index contributed by atoms with van der Waals surface area (Å²) in [4.78, 5) is 25.3. The summed E-state index contributed by atoms with van der Waals surface area (Å²) < 4.78 is 57.1. The molecule has 0 unspecified atom stereocenters. The summed E-state index contributed by atoms with van der Waals surface area (Å²) in [5.74, 6) is -3.57. The van der Waals surface area contributed by atoms with Crippen LogP contribution >= 0.6 is 23.2 Å². The van der Waals surface area contributed by atoms with Gasteiger partial charge in [0, 0.05) is 16.1 Å². The maximum absolute atomic E-state index is 13.8. The molecule has 0 fully saturated rings. The van der Waals surface area contributed by atoms with E-state index in [1.54, 1.807) is 26.0 Å². The molecule has 0 radical (unpaired) electrons. The molecular formula is C25H15Cl2F3O5. The van der Waals surface area contributed by atoms with Crippen molar-refractivity contribution in [2.75, 3.05) is 0 Å². The molecule has 1 aromatic heterocycles. The van der Waals surface area contributed by atoms with Crippen LogP contribution in [0.4, 0.5) is 13.2 Å². The van der Waals surface area contributed by atoms with Crippen LogP contribution in [0.5, 0.6) is 17.2 Å². The minimum absolute atomic E-state index is 0.00591. The lowest BCUT2D eigenvalue weighted by molar-refractivity contribution is -0.154. The number of benzene rings is 3. The molecule has 0 bridgehead atoms. The largest absolute Gasteiger partial charge is 0.453 e. The average Bonchev–Trinajstić information content (AvgIpc) is 2.78. The van der Waals surface area contributed by atoms with Crippen molar-refractivity contribution in [1.29, 1.82) is 0 Å². The van der Waals surface area contributed by atoms with Crippen molar-refractivity contribution in [3.63, 3.8) is 0 Å². The van der Waals surface area contributed by atoms with Gasteiger partial charge in [-0.25, -0.2) is 4.79 Å². The Balaban J connectivity index is 1.77. The van der Waals surface area contributed by atoms with Crippen LogP contribution in [-0.4, -0.2) is 5.97 Å². The monoisotopic (exact) mass is 522 g/mol. The summed E-state index contributed by atoms with van der Waals surface area (Å²) in [6.07, 6.45) is -5.05. The Morgan fingerprint density at radius 3 is 2.26 bits per heavy atom. The van der Waals surface area contributed by atoms with Crippen molar-refractivity contribution < 1.29 is 31.9 Å². The summed E-state index contributed by atoms with van der Waals surface area (Å²) in [6.45, 7) is 3.31. The van der Waals surface area contributed by atoms with Crippen molar-refractivity contribution in [3.05, 3.63) is 97.3 Å². The summed E-state index contributed by atoms with van der Waals surface area (Å²) in [7, 11) is 0. The molecule has 10 heteroatoms. The van der Waals surface area contributed by atoms with Crippen molar-refractivity contribution in [2.24, 2.45) is 0 Å². The predicted octanol–water partition coefficient (Wildman–Crippen LogP) is 7.75. The minimum Gasteiger partial charge on any atom is -0.449 e. The third-order valence-electron chi connectivity index (χ3n) is 4.98. The van der Waals surface area contributed by atoms with Gasteiger partial charge in [-0.3, -0.25) is 4.79 Å². The maximum atomic E-state index is 13.8. The first-order valence-electron chi connectivity index (χ1n) is 10.0. The number of ether oxygens (including phenoxy) is 2. The number of halogens is 5. The van der Waals surface area contributed by atoms with Crippen LogP contribution in [0.15, 0.2) is 63.8 Å². The number of carbonyl (C=O) groups is 1. The number of rotatable bonds is 4. The van der Waals surface area contributed by atoms with Gasteiger partial charge in [0.1, 0.15) is 17.1 Å². The molecule has 3 aromatic carbocycles. The zero-order chi connectivity index (χ0) is 25.5. The van der Waals surface area contributed by atoms with Gasteiger partial charge in [-0.05, 0) is 67.4 Å². The van der Waals surface area contributed by atoms with Crippen molar-refractivity contribution in [2.45, 2.75) is 20.0 Å². The molecule has 180 valence electrons. The zero-order valence-electron chi connectivity index (χ0n) is 18.1. The second-order valence-corrected chi connectivity index (χ2v) is 8.43. The van der Waals surface area contributed by atoms with E-state index in [0.29, 0.717) is 21.2 Å². The molecule has 0 spiro atoms. The number of alkyl halides is 3. The van der Waals surface area contributed by atoms with E-state index in [4.69, 9.17) is 37.1 Å². The van der Waals surface area contributed by atoms with Crippen LogP contribution < -0.4 is 14.9 Å². The summed E-state index contributed by atoms with van der Waals surface area (Å²) >= 11 is 12.0. The van der Waals surface area contributed by atoms with E-state index in [-0.39, 0.29) is 22.4 Å². The van der Waals surface area contributed by atoms with E-state index >= 15 is 0 Å². The molecule has 0 N–H and O–H groups in total. The van der Waals surface area contributed by atoms with Gasteiger partial charge < -0.3 is 13.9 Å². The van der Waals surface area contributed by atoms with Gasteiger partial charge in [-0.15, -0.1) is 0 Å². The highest BCUT2D eigenvalue weighted by Gasteiger charge is 2.40. The van der Waals surface area contributed by atoms with Gasteiger partial charge in [0.25, 0.3) is 5.76 Å². The van der Waals surface area contributed by atoms with E-state index in [1.165, 1.54) is 36.4 Å². The normalized spacial score (nSPS) is 11.5. The van der Waals surface area contributed by atoms with Gasteiger partial charge in [-0.1, -0.05) is 29.3 Å². The number of esters is 1. The molecule has 0 saturated heterocycles. The fourth-order valence-corrected chi connectivity index (χ4v) is 3.66. The molecule has 0 amide bonds. The van der Waals surface area contributed by atoms with E-state index < -0.39 is 34.7 Å². The van der Waals surface area contributed by atoms with Crippen LogP contribution in [0.25, 0.3) is 11.0 Å². The maximum Gasteiger partial charge on any atom is 0.453 e. The molecule has 0 aliphatic heterocycles. The summed E-state index contributed by atoms with van der Waals surface area (Å²) in [5.41, 5.74) is -0.225. The molecule has 0 aliphatic carbocycles. The van der Waals surface area contributed by atoms with E-state index in [9.17, 15) is 22.8 Å². The molecule has 35 heavy (non-hydrogen) atoms. The zero-order valence-corrected chi connectivity index (χ0v) is 19.6. The number of hydrogen-bond acceptors (Lipinski definition) is 5. The first kappa shape index (κ1) is 24.6. The average molecular weight is 523 g/mol. The third kappa shape index (κ3) is 5.13. The molecule has 5 nitrogen and oxygen atoms in total. The minimum atomic E-state index is -5.05. The first-order chi connectivity index (χ1) is 16.4. The molecule has 0 saturated carbocycles. The Kier molecular flexibility index (Phi) is 6.53. The Morgan fingerprint density at radius 2 is 1.63 bits per heavy atom. The first-order valence-corrected chi connectivity index (χ1v) is 10.8. The van der Waals surface area contributed by atoms with Crippen LogP contribution in [0.3, 0.4) is 0 Å². The highest BCUT2D eigenvalue weighted by Crippen LogP contribution is 2.39. The summed E-state index contributed by atoms with van der Waals surface area (Å²) in [5, 5.41) is 0.536. The quantitative estimate of drug-likeness (QED) is 0.202. The number of hydrogen-bond donors (Lipinski definition) is 0. The standard InChI is InChI=1S/C25H15Cl2F3O5/c1-12-8-17(9-13(2)20(12)27)33-22-21(31)18-7-6-16(11-19(18)35-23(22)25(28,29)30)34-24(32)14-4-3-5-15(26)10-14/h3-11H,1-2H3. The van der Waals surface area contributed by atoms with Gasteiger partial charge in [0.05, 0.1) is 10.9 Å². The smallest absolute Gasteiger partial charge is 0.449 e. The lowest BCUT2D eigenvalue weighted by Gasteiger charge is -2.15. The van der Waals surface area contributed by atoms with E-state index in [0.717, 1.165) is 6.07 Å². The van der Waals surface area contributed by atoms with Crippen LogP contribution in [0, 0.1) is 13.8 Å². The lowest BCUT2D eigenvalue weighted by atomic mass is 10.1. The number of carbonyl (C=O) groups excluding carboxylic acids is 1. The van der Waals surface area contributed by atoms with E-state index in [2.05, 4.69) is 0 Å². The molecular weight excluding hydrogens is 508 g/mol. The number of aryl methyl sites for hydroxylation is 2. The molecule has 0 aliphatic rings. The van der Waals surface area contributed by atoms with Crippen molar-refractivity contribution in [1.82, 2.24) is 0 Å². The predicted molar refractivity (Wildman–Crippen MR) is 125 cm³/mol. The molecule has 0 atom stereocenters. The summed E-state index contributed by atoms with van der Waals surface area (Å²) in [6, 6.07) is 12.2. The second kappa shape index (κ2) is 9.28. The van der Waals surface area contributed by atoms with Crippen LogP contribution in [-0.2, 0) is 6.18 Å². The van der Waals surface area contributed by atoms with Gasteiger partial charge in [-0.2, -0.15) is 13.2 Å². The fourth-order valence-electron chi connectivity index (χ4n) is 3.36. The Bertz CT molecular complexity index is 1500. The second-order valence-electron chi connectivity index (χ2n) is 7.62. The lowest BCUT2D eigenvalue weighted by Crippen LogP contribution is -2.16. The highest BCUT2D eigenvalue weighted by atomic mass is 35.5. The van der Waals surface area contributed by atoms with Crippen molar-refractivity contribution >= 4 is 40.1 Å². The SMILES string of the molecule is Cc1cc(Oc2c(C(F)(F)F)oc3cc(OC(=O)c4cccc(Cl)c4)ccc3c2=O)cc(C)c1Cl. The Morgan fingerprint density at radius 1 is 0.943 bits per heavy atom. The van der Waals surface area contributed by atoms with Gasteiger partial charge in [0.2, 0.25) is 11.2 Å². The topological polar surface area (TPSA) is 65.7 Å². The Labute approximate surface area is 206 Å². The Hall–Kier alpha value is -3.49. The van der Waals surface area contributed by atoms with Gasteiger partial charge >= 0.3 is 12.1 Å². The van der Waals surface area contributed by atoms with E-state index in [1.807, 2.05) is 0 Å². The fraction of sp³-hybridized carbons (Fsp3) is 0.120. The number of fused-ring (bicyclic) bond motifs is 1. The molecule has 4 rings (SSSR count).